The van der Waals surface area contributed by atoms with Gasteiger partial charge >= 0.3 is 0 Å². The number of primary amides is 1. The number of nitrogens with one attached hydrogen (secondary N) is 1. The lowest BCUT2D eigenvalue weighted by Gasteiger charge is -2.13. The second-order valence-corrected chi connectivity index (χ2v) is 6.41. The Morgan fingerprint density at radius 3 is 2.68 bits per heavy atom. The predicted molar refractivity (Wildman–Crippen MR) is 102 cm³/mol. The monoisotopic (exact) mass is 384 g/mol. The minimum atomic E-state index is -0.766. The summed E-state index contributed by atoms with van der Waals surface area (Å²) in [5.41, 5.74) is 6.55. The summed E-state index contributed by atoms with van der Waals surface area (Å²) in [5.74, 6) is -0.520. The summed E-state index contributed by atoms with van der Waals surface area (Å²) in [6, 6.07) is 10.6. The summed E-state index contributed by atoms with van der Waals surface area (Å²) in [6.07, 6.45) is 0.382. The van der Waals surface area contributed by atoms with Crippen molar-refractivity contribution in [2.24, 2.45) is 5.73 Å². The van der Waals surface area contributed by atoms with Crippen LogP contribution in [0.15, 0.2) is 46.9 Å². The van der Waals surface area contributed by atoms with Gasteiger partial charge in [0.05, 0.1) is 5.56 Å². The molecule has 2 amide bonds. The fraction of sp³-hybridized carbons (Fsp3) is 0.238. The van der Waals surface area contributed by atoms with E-state index < -0.39 is 17.9 Å². The maximum atomic E-state index is 13.8. The van der Waals surface area contributed by atoms with E-state index >= 15 is 0 Å². The average Bonchev–Trinajstić information content (AvgIpc) is 3.00. The molecule has 0 saturated carbocycles. The summed E-state index contributed by atoms with van der Waals surface area (Å²) in [7, 11) is 0. The maximum absolute atomic E-state index is 13.8. The molecular weight excluding hydrogens is 363 g/mol. The van der Waals surface area contributed by atoms with Crippen LogP contribution in [0.2, 0.25) is 0 Å². The second-order valence-electron chi connectivity index (χ2n) is 6.41. The molecule has 1 heterocycles. The highest BCUT2D eigenvalue weighted by Crippen LogP contribution is 2.29. The molecule has 0 aliphatic rings. The van der Waals surface area contributed by atoms with E-state index in [0.717, 1.165) is 0 Å². The Balaban J connectivity index is 1.86. The summed E-state index contributed by atoms with van der Waals surface area (Å²) >= 11 is 0. The average molecular weight is 384 g/mol. The first-order valence-corrected chi connectivity index (χ1v) is 8.90. The van der Waals surface area contributed by atoms with Gasteiger partial charge in [-0.25, -0.2) is 4.39 Å². The van der Waals surface area contributed by atoms with Crippen molar-refractivity contribution >= 4 is 22.8 Å². The van der Waals surface area contributed by atoms with Crippen LogP contribution in [0.3, 0.4) is 0 Å². The zero-order chi connectivity index (χ0) is 20.3. The van der Waals surface area contributed by atoms with Gasteiger partial charge in [0.25, 0.3) is 5.91 Å². The molecule has 0 aliphatic heterocycles. The number of rotatable bonds is 7. The van der Waals surface area contributed by atoms with E-state index in [1.54, 1.807) is 50.2 Å². The van der Waals surface area contributed by atoms with Crippen LogP contribution in [-0.4, -0.2) is 17.9 Å². The zero-order valence-corrected chi connectivity index (χ0v) is 15.6. The predicted octanol–water partition coefficient (Wildman–Crippen LogP) is 3.45. The molecule has 1 aromatic heterocycles. The van der Waals surface area contributed by atoms with Gasteiger partial charge < -0.3 is 20.2 Å². The van der Waals surface area contributed by atoms with Gasteiger partial charge in [-0.1, -0.05) is 25.1 Å². The fourth-order valence-corrected chi connectivity index (χ4v) is 2.95. The molecule has 0 spiro atoms. The van der Waals surface area contributed by atoms with Crippen molar-refractivity contribution in [1.82, 2.24) is 5.32 Å². The molecule has 28 heavy (non-hydrogen) atoms. The largest absolute Gasteiger partial charge is 0.489 e. The van der Waals surface area contributed by atoms with E-state index in [-0.39, 0.29) is 12.4 Å². The van der Waals surface area contributed by atoms with Crippen molar-refractivity contribution < 1.29 is 23.1 Å². The maximum Gasteiger partial charge on any atom is 0.256 e. The van der Waals surface area contributed by atoms with E-state index in [1.165, 1.54) is 6.07 Å². The molecule has 1 atom stereocenters. The van der Waals surface area contributed by atoms with Crippen molar-refractivity contribution in [1.29, 1.82) is 0 Å². The Bertz CT molecular complexity index is 1030. The van der Waals surface area contributed by atoms with Crippen LogP contribution in [0.1, 0.15) is 35.0 Å². The molecule has 3 aromatic rings. The fourth-order valence-electron chi connectivity index (χ4n) is 2.95. The molecule has 6 nitrogen and oxygen atoms in total. The lowest BCUT2D eigenvalue weighted by molar-refractivity contribution is -0.119. The number of halogens is 1. The van der Waals surface area contributed by atoms with Crippen LogP contribution in [-0.2, 0) is 11.4 Å². The van der Waals surface area contributed by atoms with E-state index in [1.807, 2.05) is 0 Å². The van der Waals surface area contributed by atoms with E-state index in [2.05, 4.69) is 5.32 Å². The molecule has 0 aliphatic carbocycles. The number of furan rings is 1. The first-order valence-electron chi connectivity index (χ1n) is 8.90. The van der Waals surface area contributed by atoms with E-state index in [4.69, 9.17) is 14.9 Å². The van der Waals surface area contributed by atoms with Crippen LogP contribution in [0.4, 0.5) is 4.39 Å². The highest BCUT2D eigenvalue weighted by Gasteiger charge is 2.23. The number of fused-ring (bicyclic) bond motifs is 1. The third kappa shape index (κ3) is 3.98. The van der Waals surface area contributed by atoms with Crippen LogP contribution < -0.4 is 15.8 Å². The Morgan fingerprint density at radius 2 is 2.00 bits per heavy atom. The highest BCUT2D eigenvalue weighted by molar-refractivity contribution is 6.08. The lowest BCUT2D eigenvalue weighted by atomic mass is 10.1. The Hall–Kier alpha value is -3.35. The Kier molecular flexibility index (Phi) is 5.63. The quantitative estimate of drug-likeness (QED) is 0.652. The Labute approximate surface area is 161 Å². The van der Waals surface area contributed by atoms with Crippen LogP contribution in [0.5, 0.6) is 5.75 Å². The first kappa shape index (κ1) is 19.4. The van der Waals surface area contributed by atoms with Gasteiger partial charge in [0.2, 0.25) is 5.91 Å². The number of carbonyl (C=O) groups excluding carboxylic acids is 2. The minimum Gasteiger partial charge on any atom is -0.489 e. The number of hydrogen-bond acceptors (Lipinski definition) is 4. The molecule has 146 valence electrons. The van der Waals surface area contributed by atoms with E-state index in [9.17, 15) is 14.0 Å². The molecule has 0 radical (unpaired) electrons. The van der Waals surface area contributed by atoms with Gasteiger partial charge in [-0.15, -0.1) is 0 Å². The number of amides is 2. The zero-order valence-electron chi connectivity index (χ0n) is 15.6. The highest BCUT2D eigenvalue weighted by atomic mass is 19.1. The van der Waals surface area contributed by atoms with Gasteiger partial charge in [-0.2, -0.15) is 0 Å². The first-order chi connectivity index (χ1) is 13.4. The van der Waals surface area contributed by atoms with Gasteiger partial charge in [-0.05, 0) is 37.6 Å². The van der Waals surface area contributed by atoms with Gasteiger partial charge in [0.1, 0.15) is 35.6 Å². The van der Waals surface area contributed by atoms with Crippen LogP contribution in [0.25, 0.3) is 11.0 Å². The van der Waals surface area contributed by atoms with Gasteiger partial charge in [0, 0.05) is 10.9 Å². The summed E-state index contributed by atoms with van der Waals surface area (Å²) in [6.45, 7) is 3.47. The number of carbonyl (C=O) groups is 2. The Morgan fingerprint density at radius 1 is 1.25 bits per heavy atom. The normalized spacial score (nSPS) is 12.0. The number of ether oxygens (including phenoxy) is 1. The summed E-state index contributed by atoms with van der Waals surface area (Å²) < 4.78 is 25.1. The molecule has 0 fully saturated rings. The van der Waals surface area contributed by atoms with Crippen molar-refractivity contribution in [3.05, 3.63) is 65.2 Å². The lowest BCUT2D eigenvalue weighted by Crippen LogP contribution is -2.44. The SMILES string of the molecule is CC[C@H](NC(=O)c1c(C)oc2ccc(OCc3ccccc3F)cc12)C(N)=O. The smallest absolute Gasteiger partial charge is 0.256 e. The second kappa shape index (κ2) is 8.12. The molecule has 3 N–H and O–H groups in total. The minimum absolute atomic E-state index is 0.0517. The van der Waals surface area contributed by atoms with Gasteiger partial charge in [0.15, 0.2) is 0 Å². The molecule has 0 bridgehead atoms. The molecule has 0 saturated heterocycles. The summed E-state index contributed by atoms with van der Waals surface area (Å²) in [5, 5.41) is 3.16. The van der Waals surface area contributed by atoms with Crippen molar-refractivity contribution in [2.75, 3.05) is 0 Å². The standard InChI is InChI=1S/C21H21FN2O4/c1-3-17(20(23)25)24-21(26)19-12(2)28-18-9-8-14(10-15(18)19)27-11-13-6-4-5-7-16(13)22/h4-10,17H,3,11H2,1-2H3,(H2,23,25)(H,24,26)/t17-/m0/s1. The number of aryl methyl sites for hydroxylation is 1. The number of hydrogen-bond donors (Lipinski definition) is 2. The van der Waals surface area contributed by atoms with Crippen molar-refractivity contribution in [3.8, 4) is 5.75 Å². The topological polar surface area (TPSA) is 94.6 Å². The van der Waals surface area contributed by atoms with Crippen LogP contribution in [0, 0.1) is 12.7 Å². The van der Waals surface area contributed by atoms with E-state index in [0.29, 0.717) is 40.0 Å². The number of benzene rings is 2. The number of nitrogens with two attached hydrogens (primary N) is 1. The van der Waals surface area contributed by atoms with Crippen molar-refractivity contribution in [3.63, 3.8) is 0 Å². The third-order valence-electron chi connectivity index (χ3n) is 4.47. The molecular formula is C21H21FN2O4. The molecule has 7 heteroatoms. The molecule has 0 unspecified atom stereocenters. The van der Waals surface area contributed by atoms with Crippen molar-refractivity contribution in [2.45, 2.75) is 32.9 Å². The summed E-state index contributed by atoms with van der Waals surface area (Å²) in [4.78, 5) is 24.1. The van der Waals surface area contributed by atoms with Crippen LogP contribution >= 0.6 is 0 Å². The third-order valence-corrected chi connectivity index (χ3v) is 4.47. The molecule has 3 rings (SSSR count). The van der Waals surface area contributed by atoms with Gasteiger partial charge in [-0.3, -0.25) is 9.59 Å². The molecule has 2 aromatic carbocycles.